The van der Waals surface area contributed by atoms with Crippen LogP contribution >= 0.6 is 11.6 Å². The summed E-state index contributed by atoms with van der Waals surface area (Å²) in [6, 6.07) is 9.24. The molecule has 0 spiro atoms. The molecule has 8 heteroatoms. The second kappa shape index (κ2) is 6.89. The predicted molar refractivity (Wildman–Crippen MR) is 89.2 cm³/mol. The van der Waals surface area contributed by atoms with E-state index in [9.17, 15) is 15.2 Å². The molecule has 0 atom stereocenters. The molecule has 0 aliphatic heterocycles. The van der Waals surface area contributed by atoms with Crippen LogP contribution in [0.3, 0.4) is 0 Å². The largest absolute Gasteiger partial charge is 0.507 e. The average Bonchev–Trinajstić information content (AvgIpc) is 2.53. The van der Waals surface area contributed by atoms with E-state index in [-0.39, 0.29) is 22.4 Å². The number of nitrogens with one attached hydrogen (secondary N) is 2. The van der Waals surface area contributed by atoms with Crippen LogP contribution in [0.2, 0.25) is 5.02 Å². The van der Waals surface area contributed by atoms with Crippen molar-refractivity contribution in [3.05, 3.63) is 46.5 Å². The summed E-state index contributed by atoms with van der Waals surface area (Å²) in [6.07, 6.45) is 0. The fourth-order valence-electron chi connectivity index (χ4n) is 2.25. The minimum absolute atomic E-state index is 0.127. The minimum atomic E-state index is -0.825. The summed E-state index contributed by atoms with van der Waals surface area (Å²) >= 11 is 6.02. The van der Waals surface area contributed by atoms with Gasteiger partial charge in [0.05, 0.1) is 24.3 Å². The van der Waals surface area contributed by atoms with Crippen LogP contribution in [0, 0.1) is 16.7 Å². The Morgan fingerprint density at radius 2 is 2.12 bits per heavy atom. The van der Waals surface area contributed by atoms with E-state index in [0.29, 0.717) is 16.3 Å². The van der Waals surface area contributed by atoms with Crippen LogP contribution in [0.1, 0.15) is 15.9 Å². The van der Waals surface area contributed by atoms with Gasteiger partial charge in [0.1, 0.15) is 11.5 Å². The number of hydrogen-bond donors (Lipinski definition) is 4. The number of nitrogens with zero attached hydrogens (tertiary/aromatic N) is 1. The molecule has 0 radical (unpaired) electrons. The first-order chi connectivity index (χ1) is 11.4. The summed E-state index contributed by atoms with van der Waals surface area (Å²) in [4.78, 5) is 12.3. The number of nitriles is 1. The van der Waals surface area contributed by atoms with E-state index >= 15 is 0 Å². The molecule has 0 saturated heterocycles. The van der Waals surface area contributed by atoms with Gasteiger partial charge in [0.15, 0.2) is 5.96 Å². The first-order valence-corrected chi connectivity index (χ1v) is 7.02. The number of phenols is 1. The number of ether oxygens (including phenoxy) is 1. The van der Waals surface area contributed by atoms with Crippen LogP contribution in [-0.2, 0) is 0 Å². The minimum Gasteiger partial charge on any atom is -0.507 e. The molecule has 0 saturated carbocycles. The van der Waals surface area contributed by atoms with Gasteiger partial charge in [-0.2, -0.15) is 5.26 Å². The van der Waals surface area contributed by atoms with Gasteiger partial charge in [-0.3, -0.25) is 15.5 Å². The first kappa shape index (κ1) is 17.1. The molecule has 0 aliphatic carbocycles. The molecule has 5 N–H and O–H groups in total. The zero-order valence-corrected chi connectivity index (χ0v) is 13.3. The average molecular weight is 345 g/mol. The highest BCUT2D eigenvalue weighted by atomic mass is 35.5. The van der Waals surface area contributed by atoms with E-state index in [1.165, 1.54) is 25.3 Å². The molecule has 0 heterocycles. The number of aromatic hydroxyl groups is 1. The fraction of sp³-hybridized carbons (Fsp3) is 0.0625. The Morgan fingerprint density at radius 1 is 1.42 bits per heavy atom. The van der Waals surface area contributed by atoms with Crippen molar-refractivity contribution in [2.24, 2.45) is 5.73 Å². The monoisotopic (exact) mass is 344 g/mol. The summed E-state index contributed by atoms with van der Waals surface area (Å²) in [5.74, 6) is -1.43. The van der Waals surface area contributed by atoms with Gasteiger partial charge in [-0.1, -0.05) is 11.6 Å². The van der Waals surface area contributed by atoms with Crippen molar-refractivity contribution in [3.8, 4) is 28.7 Å². The lowest BCUT2D eigenvalue weighted by Crippen LogP contribution is -2.36. The van der Waals surface area contributed by atoms with Crippen molar-refractivity contribution < 1.29 is 14.6 Å². The maximum absolute atomic E-state index is 12.3. The van der Waals surface area contributed by atoms with Gasteiger partial charge in [0.25, 0.3) is 5.91 Å². The maximum atomic E-state index is 12.3. The van der Waals surface area contributed by atoms with Crippen LogP contribution in [0.25, 0.3) is 11.1 Å². The number of benzene rings is 2. The third kappa shape index (κ3) is 3.24. The second-order valence-electron chi connectivity index (χ2n) is 4.71. The molecule has 24 heavy (non-hydrogen) atoms. The summed E-state index contributed by atoms with van der Waals surface area (Å²) in [6.45, 7) is 0. The van der Waals surface area contributed by atoms with Gasteiger partial charge in [-0.15, -0.1) is 0 Å². The van der Waals surface area contributed by atoms with E-state index in [2.05, 4.69) is 5.32 Å². The predicted octanol–water partition coefficient (Wildman–Crippen LogP) is 2.22. The molecular formula is C16H13ClN4O3. The van der Waals surface area contributed by atoms with E-state index in [4.69, 9.17) is 27.5 Å². The maximum Gasteiger partial charge on any atom is 0.262 e. The van der Waals surface area contributed by atoms with Crippen molar-refractivity contribution in [3.63, 3.8) is 0 Å². The highest BCUT2D eigenvalue weighted by molar-refractivity contribution is 6.31. The summed E-state index contributed by atoms with van der Waals surface area (Å²) in [5, 5.41) is 29.2. The number of halogens is 1. The van der Waals surface area contributed by atoms with Crippen LogP contribution in [0.4, 0.5) is 0 Å². The highest BCUT2D eigenvalue weighted by Crippen LogP contribution is 2.39. The number of phenolic OH excluding ortho intramolecular Hbond substituents is 1. The van der Waals surface area contributed by atoms with Gasteiger partial charge >= 0.3 is 0 Å². The molecule has 1 amide bonds. The number of hydrogen-bond acceptors (Lipinski definition) is 5. The summed E-state index contributed by atoms with van der Waals surface area (Å²) < 4.78 is 5.26. The SMILES string of the molecule is COc1ccc(Cl)cc1-c1c(C#N)ccc(O)c1C(=O)NC(=N)N. The molecule has 0 aliphatic rings. The Balaban J connectivity index is 2.84. The third-order valence-electron chi connectivity index (χ3n) is 3.21. The van der Waals surface area contributed by atoms with Crippen molar-refractivity contribution in [2.45, 2.75) is 0 Å². The topological polar surface area (TPSA) is 132 Å². The number of rotatable bonds is 3. The zero-order chi connectivity index (χ0) is 17.9. The molecule has 2 aromatic carbocycles. The molecule has 2 rings (SSSR count). The Kier molecular flexibility index (Phi) is 4.92. The Bertz CT molecular complexity index is 874. The summed E-state index contributed by atoms with van der Waals surface area (Å²) in [5.41, 5.74) is 5.59. The van der Waals surface area contributed by atoms with Crippen molar-refractivity contribution in [1.82, 2.24) is 5.32 Å². The molecule has 2 aromatic rings. The highest BCUT2D eigenvalue weighted by Gasteiger charge is 2.24. The molecule has 0 fully saturated rings. The van der Waals surface area contributed by atoms with E-state index in [0.717, 1.165) is 0 Å². The Hall–Kier alpha value is -3.24. The quantitative estimate of drug-likeness (QED) is 0.500. The van der Waals surface area contributed by atoms with Gasteiger partial charge in [0.2, 0.25) is 0 Å². The Morgan fingerprint density at radius 3 is 2.71 bits per heavy atom. The van der Waals surface area contributed by atoms with Crippen LogP contribution in [-0.4, -0.2) is 24.1 Å². The van der Waals surface area contributed by atoms with Gasteiger partial charge < -0.3 is 15.6 Å². The number of guanidine groups is 1. The van der Waals surface area contributed by atoms with Gasteiger partial charge in [0, 0.05) is 16.1 Å². The molecule has 0 aromatic heterocycles. The first-order valence-electron chi connectivity index (χ1n) is 6.64. The molecule has 122 valence electrons. The lowest BCUT2D eigenvalue weighted by atomic mass is 9.93. The molecule has 7 nitrogen and oxygen atoms in total. The van der Waals surface area contributed by atoms with Crippen molar-refractivity contribution in [2.75, 3.05) is 7.11 Å². The zero-order valence-electron chi connectivity index (χ0n) is 12.6. The fourth-order valence-corrected chi connectivity index (χ4v) is 2.43. The standard InChI is InChI=1S/C16H13ClN4O3/c1-24-12-5-3-9(17)6-10(12)13-8(7-18)2-4-11(22)14(13)15(23)21-16(19)20/h2-6,22H,1H3,(H4,19,20,21,23). The third-order valence-corrected chi connectivity index (χ3v) is 3.45. The number of nitrogens with two attached hydrogens (primary N) is 1. The Labute approximate surface area is 142 Å². The van der Waals surface area contributed by atoms with Gasteiger partial charge in [-0.25, -0.2) is 0 Å². The molecular weight excluding hydrogens is 332 g/mol. The molecule has 0 bridgehead atoms. The van der Waals surface area contributed by atoms with Crippen LogP contribution in [0.15, 0.2) is 30.3 Å². The number of amides is 1. The number of methoxy groups -OCH3 is 1. The lowest BCUT2D eigenvalue weighted by molar-refractivity contribution is 0.0974. The number of carbonyl (C=O) groups is 1. The van der Waals surface area contributed by atoms with Crippen LogP contribution in [0.5, 0.6) is 11.5 Å². The second-order valence-corrected chi connectivity index (χ2v) is 5.14. The van der Waals surface area contributed by atoms with Crippen molar-refractivity contribution >= 4 is 23.5 Å². The normalized spacial score (nSPS) is 9.88. The number of carbonyl (C=O) groups excluding carboxylic acids is 1. The van der Waals surface area contributed by atoms with Crippen LogP contribution < -0.4 is 15.8 Å². The van der Waals surface area contributed by atoms with Gasteiger partial charge in [-0.05, 0) is 30.3 Å². The van der Waals surface area contributed by atoms with E-state index in [1.807, 2.05) is 6.07 Å². The molecule has 0 unspecified atom stereocenters. The van der Waals surface area contributed by atoms with E-state index in [1.54, 1.807) is 12.1 Å². The summed E-state index contributed by atoms with van der Waals surface area (Å²) in [7, 11) is 1.43. The van der Waals surface area contributed by atoms with E-state index < -0.39 is 11.9 Å². The smallest absolute Gasteiger partial charge is 0.262 e. The van der Waals surface area contributed by atoms with Crippen molar-refractivity contribution in [1.29, 1.82) is 10.7 Å². The lowest BCUT2D eigenvalue weighted by Gasteiger charge is -2.16.